The predicted octanol–water partition coefficient (Wildman–Crippen LogP) is 1.85. The van der Waals surface area contributed by atoms with Crippen LogP contribution in [0.2, 0.25) is 0 Å². The van der Waals surface area contributed by atoms with Crippen LogP contribution in [0.25, 0.3) is 0 Å². The number of phenols is 1. The highest BCUT2D eigenvalue weighted by molar-refractivity contribution is 5.97. The molecule has 0 unspecified atom stereocenters. The summed E-state index contributed by atoms with van der Waals surface area (Å²) in [7, 11) is 3.39. The molecule has 7 heteroatoms. The third-order valence-electron chi connectivity index (χ3n) is 4.76. The van der Waals surface area contributed by atoms with E-state index in [1.165, 1.54) is 4.90 Å². The molecule has 2 N–H and O–H groups in total. The molecule has 0 aromatic heterocycles. The summed E-state index contributed by atoms with van der Waals surface area (Å²) in [5, 5.41) is 12.9. The standard InChI is InChI=1S/C21H26N4O3/c1-23(2)21(28)16-6-5-7-17(14-16)22-20(27)15-24-10-12-25(13-11-24)18-8-3-4-9-19(18)26/h3-9,14,26H,10-13,15H2,1-2H3,(H,22,27). The van der Waals surface area contributed by atoms with Gasteiger partial charge in [-0.25, -0.2) is 0 Å². The van der Waals surface area contributed by atoms with Gasteiger partial charge in [-0.15, -0.1) is 0 Å². The van der Waals surface area contributed by atoms with Crippen LogP contribution in [-0.2, 0) is 4.79 Å². The summed E-state index contributed by atoms with van der Waals surface area (Å²) in [6.07, 6.45) is 0. The van der Waals surface area contributed by atoms with E-state index in [0.717, 1.165) is 31.9 Å². The monoisotopic (exact) mass is 382 g/mol. The van der Waals surface area contributed by atoms with E-state index in [1.807, 2.05) is 12.1 Å². The fourth-order valence-electron chi connectivity index (χ4n) is 3.27. The molecule has 1 fully saturated rings. The summed E-state index contributed by atoms with van der Waals surface area (Å²) in [4.78, 5) is 30.2. The van der Waals surface area contributed by atoms with Crippen LogP contribution in [0.3, 0.4) is 0 Å². The Morgan fingerprint density at radius 2 is 1.75 bits per heavy atom. The van der Waals surface area contributed by atoms with Gasteiger partial charge in [0.15, 0.2) is 0 Å². The Hall–Kier alpha value is -3.06. The fourth-order valence-corrected chi connectivity index (χ4v) is 3.27. The predicted molar refractivity (Wildman–Crippen MR) is 110 cm³/mol. The minimum Gasteiger partial charge on any atom is -0.506 e. The molecule has 0 bridgehead atoms. The van der Waals surface area contributed by atoms with E-state index in [9.17, 15) is 14.7 Å². The second-order valence-corrected chi connectivity index (χ2v) is 7.08. The van der Waals surface area contributed by atoms with Gasteiger partial charge in [0.05, 0.1) is 12.2 Å². The van der Waals surface area contributed by atoms with E-state index in [0.29, 0.717) is 17.8 Å². The van der Waals surface area contributed by atoms with E-state index in [1.54, 1.807) is 50.5 Å². The van der Waals surface area contributed by atoms with Crippen molar-refractivity contribution in [2.75, 3.05) is 57.0 Å². The highest BCUT2D eigenvalue weighted by Crippen LogP contribution is 2.27. The van der Waals surface area contributed by atoms with Gasteiger partial charge in [-0.05, 0) is 30.3 Å². The number of amides is 2. The SMILES string of the molecule is CN(C)C(=O)c1cccc(NC(=O)CN2CCN(c3ccccc3O)CC2)c1. The minimum atomic E-state index is -0.106. The summed E-state index contributed by atoms with van der Waals surface area (Å²) in [6.45, 7) is 3.26. The van der Waals surface area contributed by atoms with Gasteiger partial charge < -0.3 is 20.2 Å². The molecule has 0 saturated carbocycles. The van der Waals surface area contributed by atoms with E-state index in [2.05, 4.69) is 15.1 Å². The number of hydrogen-bond acceptors (Lipinski definition) is 5. The summed E-state index contributed by atoms with van der Waals surface area (Å²) in [6, 6.07) is 14.3. The lowest BCUT2D eigenvalue weighted by Gasteiger charge is -2.35. The molecule has 1 saturated heterocycles. The van der Waals surface area contributed by atoms with Gasteiger partial charge in [0, 0.05) is 51.5 Å². The molecular formula is C21H26N4O3. The summed E-state index contributed by atoms with van der Waals surface area (Å²) >= 11 is 0. The lowest BCUT2D eigenvalue weighted by Crippen LogP contribution is -2.48. The molecule has 1 aliphatic rings. The Morgan fingerprint density at radius 1 is 1.04 bits per heavy atom. The van der Waals surface area contributed by atoms with Gasteiger partial charge in [-0.1, -0.05) is 18.2 Å². The van der Waals surface area contributed by atoms with Crippen LogP contribution in [0.4, 0.5) is 11.4 Å². The molecule has 0 radical (unpaired) electrons. The van der Waals surface area contributed by atoms with Crippen molar-refractivity contribution in [3.63, 3.8) is 0 Å². The van der Waals surface area contributed by atoms with Crippen molar-refractivity contribution in [1.29, 1.82) is 0 Å². The highest BCUT2D eigenvalue weighted by atomic mass is 16.3. The maximum atomic E-state index is 12.4. The largest absolute Gasteiger partial charge is 0.506 e. The first-order valence-corrected chi connectivity index (χ1v) is 9.31. The van der Waals surface area contributed by atoms with Gasteiger partial charge >= 0.3 is 0 Å². The number of benzene rings is 2. The molecule has 7 nitrogen and oxygen atoms in total. The Labute approximate surface area is 165 Å². The van der Waals surface area contributed by atoms with Crippen LogP contribution >= 0.6 is 0 Å². The van der Waals surface area contributed by atoms with Crippen molar-refractivity contribution in [3.05, 3.63) is 54.1 Å². The Bertz CT molecular complexity index is 845. The number of aromatic hydroxyl groups is 1. The summed E-state index contributed by atoms with van der Waals surface area (Å²) < 4.78 is 0. The summed E-state index contributed by atoms with van der Waals surface area (Å²) in [5.41, 5.74) is 1.98. The second-order valence-electron chi connectivity index (χ2n) is 7.08. The minimum absolute atomic E-state index is 0.101. The first-order valence-electron chi connectivity index (χ1n) is 9.31. The number of rotatable bonds is 5. The lowest BCUT2D eigenvalue weighted by atomic mass is 10.2. The van der Waals surface area contributed by atoms with E-state index < -0.39 is 0 Å². The zero-order valence-corrected chi connectivity index (χ0v) is 16.3. The number of hydrogen-bond donors (Lipinski definition) is 2. The van der Waals surface area contributed by atoms with Crippen LogP contribution < -0.4 is 10.2 Å². The van der Waals surface area contributed by atoms with Crippen LogP contribution in [0.5, 0.6) is 5.75 Å². The first-order chi connectivity index (χ1) is 13.4. The van der Waals surface area contributed by atoms with Crippen LogP contribution in [0.15, 0.2) is 48.5 Å². The number of carbonyl (C=O) groups is 2. The molecule has 2 amide bonds. The molecular weight excluding hydrogens is 356 g/mol. The smallest absolute Gasteiger partial charge is 0.253 e. The second kappa shape index (κ2) is 8.75. The zero-order valence-electron chi connectivity index (χ0n) is 16.3. The fraction of sp³-hybridized carbons (Fsp3) is 0.333. The number of carbonyl (C=O) groups excluding carboxylic acids is 2. The van der Waals surface area contributed by atoms with Crippen molar-refractivity contribution in [2.24, 2.45) is 0 Å². The van der Waals surface area contributed by atoms with Crippen molar-refractivity contribution >= 4 is 23.2 Å². The molecule has 2 aromatic carbocycles. The Morgan fingerprint density at radius 3 is 2.43 bits per heavy atom. The maximum Gasteiger partial charge on any atom is 0.253 e. The van der Waals surface area contributed by atoms with Crippen molar-refractivity contribution in [3.8, 4) is 5.75 Å². The Kier molecular flexibility index (Phi) is 6.16. The Balaban J connectivity index is 1.52. The molecule has 1 aliphatic heterocycles. The highest BCUT2D eigenvalue weighted by Gasteiger charge is 2.21. The lowest BCUT2D eigenvalue weighted by molar-refractivity contribution is -0.117. The summed E-state index contributed by atoms with van der Waals surface area (Å²) in [5.74, 6) is 0.0719. The van der Waals surface area contributed by atoms with Gasteiger partial charge in [0.25, 0.3) is 5.91 Å². The number of piperazine rings is 1. The first kappa shape index (κ1) is 19.7. The van der Waals surface area contributed by atoms with Gasteiger partial charge in [-0.2, -0.15) is 0 Å². The third kappa shape index (κ3) is 4.80. The normalized spacial score (nSPS) is 14.6. The molecule has 0 spiro atoms. The van der Waals surface area contributed by atoms with Crippen molar-refractivity contribution in [1.82, 2.24) is 9.80 Å². The number of nitrogens with zero attached hydrogens (tertiary/aromatic N) is 3. The average molecular weight is 382 g/mol. The van der Waals surface area contributed by atoms with Crippen LogP contribution in [0.1, 0.15) is 10.4 Å². The number of para-hydroxylation sites is 2. The van der Waals surface area contributed by atoms with Gasteiger partial charge in [-0.3, -0.25) is 14.5 Å². The maximum absolute atomic E-state index is 12.4. The molecule has 0 aliphatic carbocycles. The third-order valence-corrected chi connectivity index (χ3v) is 4.76. The quantitative estimate of drug-likeness (QED) is 0.826. The zero-order chi connectivity index (χ0) is 20.1. The van der Waals surface area contributed by atoms with Gasteiger partial charge in [0.1, 0.15) is 5.75 Å². The topological polar surface area (TPSA) is 76.1 Å². The molecule has 28 heavy (non-hydrogen) atoms. The molecule has 3 rings (SSSR count). The van der Waals surface area contributed by atoms with E-state index >= 15 is 0 Å². The van der Waals surface area contributed by atoms with Crippen LogP contribution in [0, 0.1) is 0 Å². The molecule has 2 aromatic rings. The molecule has 1 heterocycles. The molecule has 0 atom stereocenters. The van der Waals surface area contributed by atoms with Gasteiger partial charge in [0.2, 0.25) is 5.91 Å². The number of anilines is 2. The number of phenolic OH excluding ortho intramolecular Hbond substituents is 1. The van der Waals surface area contributed by atoms with E-state index in [4.69, 9.17) is 0 Å². The van der Waals surface area contributed by atoms with E-state index in [-0.39, 0.29) is 17.6 Å². The average Bonchev–Trinajstić information content (AvgIpc) is 2.68. The molecule has 148 valence electrons. The van der Waals surface area contributed by atoms with Crippen LogP contribution in [-0.4, -0.2) is 73.5 Å². The number of nitrogens with one attached hydrogen (secondary N) is 1. The van der Waals surface area contributed by atoms with Crippen molar-refractivity contribution < 1.29 is 14.7 Å². The van der Waals surface area contributed by atoms with Crippen molar-refractivity contribution in [2.45, 2.75) is 0 Å².